The molecule has 0 N–H and O–H groups in total. The first kappa shape index (κ1) is 21.5. The highest BCUT2D eigenvalue weighted by Crippen LogP contribution is 2.26. The molecule has 0 aliphatic carbocycles. The SMILES string of the molecule is N#CC(C(=O)c1ccccc1Cl)C(=Nc1ccccc1)SCC(=O)c1ccccc1. The van der Waals surface area contributed by atoms with E-state index in [-0.39, 0.29) is 27.2 Å². The van der Waals surface area contributed by atoms with Crippen LogP contribution in [0.1, 0.15) is 20.7 Å². The summed E-state index contributed by atoms with van der Waals surface area (Å²) in [5.41, 5.74) is 1.41. The Hall–Kier alpha value is -3.20. The maximum Gasteiger partial charge on any atom is 0.188 e. The zero-order valence-electron chi connectivity index (χ0n) is 15.9. The van der Waals surface area contributed by atoms with Crippen LogP contribution in [0.15, 0.2) is 89.9 Å². The second-order valence-electron chi connectivity index (χ2n) is 6.27. The Morgan fingerprint density at radius 1 is 0.933 bits per heavy atom. The van der Waals surface area contributed by atoms with Crippen molar-refractivity contribution < 1.29 is 9.59 Å². The second-order valence-corrected chi connectivity index (χ2v) is 7.67. The molecule has 0 fully saturated rings. The third-order valence-electron chi connectivity index (χ3n) is 4.22. The molecule has 4 nitrogen and oxygen atoms in total. The average Bonchev–Trinajstić information content (AvgIpc) is 2.79. The molecule has 30 heavy (non-hydrogen) atoms. The van der Waals surface area contributed by atoms with Gasteiger partial charge in [-0.2, -0.15) is 5.26 Å². The number of aliphatic imine (C=N–C) groups is 1. The van der Waals surface area contributed by atoms with Gasteiger partial charge < -0.3 is 0 Å². The number of benzene rings is 3. The Balaban J connectivity index is 1.91. The highest BCUT2D eigenvalue weighted by Gasteiger charge is 2.28. The number of halogens is 1. The van der Waals surface area contributed by atoms with Gasteiger partial charge in [0.2, 0.25) is 0 Å². The summed E-state index contributed by atoms with van der Waals surface area (Å²) >= 11 is 7.26. The van der Waals surface area contributed by atoms with Gasteiger partial charge in [-0.15, -0.1) is 11.8 Å². The van der Waals surface area contributed by atoms with E-state index in [1.807, 2.05) is 30.3 Å². The van der Waals surface area contributed by atoms with Crippen LogP contribution in [0.2, 0.25) is 5.02 Å². The van der Waals surface area contributed by atoms with Crippen molar-refractivity contribution in [1.29, 1.82) is 5.26 Å². The fourth-order valence-electron chi connectivity index (χ4n) is 2.70. The van der Waals surface area contributed by atoms with Gasteiger partial charge in [-0.05, 0) is 24.3 Å². The molecular weight excluding hydrogens is 416 g/mol. The summed E-state index contributed by atoms with van der Waals surface area (Å²) in [5, 5.41) is 10.3. The number of hydrogen-bond donors (Lipinski definition) is 0. The zero-order chi connectivity index (χ0) is 21.3. The normalized spacial score (nSPS) is 12.1. The van der Waals surface area contributed by atoms with Crippen molar-refractivity contribution in [2.45, 2.75) is 0 Å². The molecule has 0 radical (unpaired) electrons. The van der Waals surface area contributed by atoms with Crippen molar-refractivity contribution in [1.82, 2.24) is 0 Å². The number of rotatable bonds is 7. The van der Waals surface area contributed by atoms with E-state index in [9.17, 15) is 14.9 Å². The van der Waals surface area contributed by atoms with Gasteiger partial charge >= 0.3 is 0 Å². The van der Waals surface area contributed by atoms with Crippen molar-refractivity contribution in [3.63, 3.8) is 0 Å². The summed E-state index contributed by atoms with van der Waals surface area (Å²) in [4.78, 5) is 30.1. The van der Waals surface area contributed by atoms with E-state index in [2.05, 4.69) is 4.99 Å². The Bertz CT molecular complexity index is 1110. The van der Waals surface area contributed by atoms with Gasteiger partial charge in [0, 0.05) is 11.1 Å². The van der Waals surface area contributed by atoms with Crippen LogP contribution in [0.25, 0.3) is 0 Å². The molecule has 0 bridgehead atoms. The van der Waals surface area contributed by atoms with Gasteiger partial charge in [-0.25, -0.2) is 4.99 Å². The monoisotopic (exact) mass is 432 g/mol. The van der Waals surface area contributed by atoms with E-state index in [1.54, 1.807) is 60.7 Å². The van der Waals surface area contributed by atoms with Crippen molar-refractivity contribution in [2.24, 2.45) is 10.9 Å². The third kappa shape index (κ3) is 5.44. The fourth-order valence-corrected chi connectivity index (χ4v) is 3.87. The molecule has 1 atom stereocenters. The number of thioether (sulfide) groups is 1. The van der Waals surface area contributed by atoms with E-state index in [1.165, 1.54) is 0 Å². The number of Topliss-reactive ketones (excluding diaryl/α,β-unsaturated/α-hetero) is 2. The van der Waals surface area contributed by atoms with Gasteiger partial charge in [0.25, 0.3) is 0 Å². The molecule has 0 aliphatic heterocycles. The maximum absolute atomic E-state index is 13.1. The van der Waals surface area contributed by atoms with Crippen molar-refractivity contribution in [3.8, 4) is 6.07 Å². The van der Waals surface area contributed by atoms with Crippen LogP contribution >= 0.6 is 23.4 Å². The highest BCUT2D eigenvalue weighted by atomic mass is 35.5. The molecular formula is C24H17ClN2O2S. The third-order valence-corrected chi connectivity index (χ3v) is 5.58. The minimum atomic E-state index is -1.17. The number of hydrogen-bond acceptors (Lipinski definition) is 5. The number of nitrogens with zero attached hydrogens (tertiary/aromatic N) is 2. The predicted molar refractivity (Wildman–Crippen MR) is 122 cm³/mol. The lowest BCUT2D eigenvalue weighted by atomic mass is 9.99. The molecule has 0 saturated carbocycles. The van der Waals surface area contributed by atoms with Gasteiger partial charge in [0.1, 0.15) is 0 Å². The summed E-state index contributed by atoms with van der Waals surface area (Å²) in [6.45, 7) is 0. The van der Waals surface area contributed by atoms with E-state index >= 15 is 0 Å². The Morgan fingerprint density at radius 3 is 2.17 bits per heavy atom. The van der Waals surface area contributed by atoms with Crippen LogP contribution in [0, 0.1) is 17.2 Å². The number of para-hydroxylation sites is 1. The molecule has 0 saturated heterocycles. The van der Waals surface area contributed by atoms with Gasteiger partial charge in [-0.3, -0.25) is 9.59 Å². The number of carbonyl (C=O) groups excluding carboxylic acids is 2. The van der Waals surface area contributed by atoms with E-state index in [0.717, 1.165) is 11.8 Å². The molecule has 0 heterocycles. The van der Waals surface area contributed by atoms with E-state index in [0.29, 0.717) is 11.3 Å². The molecule has 3 aromatic carbocycles. The lowest BCUT2D eigenvalue weighted by Crippen LogP contribution is -2.22. The topological polar surface area (TPSA) is 70.3 Å². The average molecular weight is 433 g/mol. The summed E-state index contributed by atoms with van der Waals surface area (Å²) in [6.07, 6.45) is 0. The quantitative estimate of drug-likeness (QED) is 0.260. The van der Waals surface area contributed by atoms with Crippen LogP contribution in [0.3, 0.4) is 0 Å². The summed E-state index contributed by atoms with van der Waals surface area (Å²) < 4.78 is 0. The van der Waals surface area contributed by atoms with Crippen LogP contribution in [0.5, 0.6) is 0 Å². The van der Waals surface area contributed by atoms with Gasteiger partial charge in [0.15, 0.2) is 17.5 Å². The highest BCUT2D eigenvalue weighted by molar-refractivity contribution is 8.14. The van der Waals surface area contributed by atoms with Crippen molar-refractivity contribution in [3.05, 3.63) is 101 Å². The minimum absolute atomic E-state index is 0.0592. The molecule has 3 rings (SSSR count). The van der Waals surface area contributed by atoms with Crippen LogP contribution in [-0.2, 0) is 0 Å². The molecule has 0 aliphatic rings. The first-order valence-corrected chi connectivity index (χ1v) is 10.5. The number of carbonyl (C=O) groups is 2. The molecule has 3 aromatic rings. The second kappa shape index (κ2) is 10.5. The van der Waals surface area contributed by atoms with Crippen LogP contribution in [-0.4, -0.2) is 22.4 Å². The minimum Gasteiger partial charge on any atom is -0.293 e. The standard InChI is InChI=1S/C24H17ClN2O2S/c25-21-14-8-7-13-19(21)23(29)20(15-26)24(27-18-11-5-2-6-12-18)30-16-22(28)17-9-3-1-4-10-17/h1-14,20H,16H2. The molecule has 148 valence electrons. The maximum atomic E-state index is 13.1. The summed E-state index contributed by atoms with van der Waals surface area (Å²) in [7, 11) is 0. The first-order chi connectivity index (χ1) is 14.6. The van der Waals surface area contributed by atoms with Crippen LogP contribution < -0.4 is 0 Å². The predicted octanol–water partition coefficient (Wildman–Crippen LogP) is 6.01. The Labute approximate surface area is 184 Å². The lowest BCUT2D eigenvalue weighted by molar-refractivity contribution is 0.0974. The van der Waals surface area contributed by atoms with Gasteiger partial charge in [0.05, 0.1) is 27.6 Å². The molecule has 6 heteroatoms. The summed E-state index contributed by atoms with van der Waals surface area (Å²) in [5.74, 6) is -1.66. The molecule has 1 unspecified atom stereocenters. The zero-order valence-corrected chi connectivity index (χ0v) is 17.4. The van der Waals surface area contributed by atoms with Gasteiger partial charge in [-0.1, -0.05) is 72.3 Å². The first-order valence-electron chi connectivity index (χ1n) is 9.13. The number of ketones is 2. The molecule has 0 aromatic heterocycles. The Kier molecular flexibility index (Phi) is 7.56. The largest absolute Gasteiger partial charge is 0.293 e. The summed E-state index contributed by atoms with van der Waals surface area (Å²) in [6, 6.07) is 26.5. The molecule has 0 spiro atoms. The Morgan fingerprint density at radius 2 is 1.53 bits per heavy atom. The van der Waals surface area contributed by atoms with E-state index < -0.39 is 11.7 Å². The van der Waals surface area contributed by atoms with Crippen LogP contribution in [0.4, 0.5) is 5.69 Å². The van der Waals surface area contributed by atoms with Crippen molar-refractivity contribution >= 4 is 45.7 Å². The lowest BCUT2D eigenvalue weighted by Gasteiger charge is -2.13. The van der Waals surface area contributed by atoms with Crippen molar-refractivity contribution in [2.75, 3.05) is 5.75 Å². The number of nitriles is 1. The fraction of sp³-hybridized carbons (Fsp3) is 0.0833. The molecule has 0 amide bonds. The van der Waals surface area contributed by atoms with E-state index in [4.69, 9.17) is 11.6 Å². The smallest absolute Gasteiger partial charge is 0.188 e.